The first-order chi connectivity index (χ1) is 16.5. The Balaban J connectivity index is 1.49. The molecular formula is C20H34N10O3S. The van der Waals surface area contributed by atoms with Gasteiger partial charge in [-0.3, -0.25) is 14.5 Å². The number of carbonyl (C=O) groups is 2. The maximum absolute atomic E-state index is 12.8. The van der Waals surface area contributed by atoms with Gasteiger partial charge in [0, 0.05) is 59.5 Å². The highest BCUT2D eigenvalue weighted by molar-refractivity contribution is 7.99. The number of amides is 2. The lowest BCUT2D eigenvalue weighted by Crippen LogP contribution is -2.51. The number of ether oxygens (including phenoxy) is 1. The van der Waals surface area contributed by atoms with Crippen molar-refractivity contribution in [3.8, 4) is 0 Å². The number of fused-ring (bicyclic) bond motifs is 1. The van der Waals surface area contributed by atoms with E-state index < -0.39 is 0 Å². The first kappa shape index (κ1) is 25.9. The summed E-state index contributed by atoms with van der Waals surface area (Å²) >= 11 is 1.31. The summed E-state index contributed by atoms with van der Waals surface area (Å²) in [4.78, 5) is 37.6. The molecule has 1 saturated heterocycles. The van der Waals surface area contributed by atoms with Crippen LogP contribution in [-0.4, -0.2) is 118 Å². The Morgan fingerprint density at radius 2 is 1.82 bits per heavy atom. The lowest BCUT2D eigenvalue weighted by atomic mass is 10.3. The molecule has 0 aliphatic carbocycles. The van der Waals surface area contributed by atoms with E-state index >= 15 is 0 Å². The molecule has 188 valence electrons. The van der Waals surface area contributed by atoms with Gasteiger partial charge in [0.15, 0.2) is 5.16 Å². The molecule has 0 radical (unpaired) electrons. The monoisotopic (exact) mass is 494 g/mol. The van der Waals surface area contributed by atoms with Crippen molar-refractivity contribution >= 4 is 41.3 Å². The van der Waals surface area contributed by atoms with E-state index in [0.717, 1.165) is 6.42 Å². The third-order valence-corrected chi connectivity index (χ3v) is 6.09. The number of carbonyl (C=O) groups excluding carboxylic acids is 2. The van der Waals surface area contributed by atoms with Crippen LogP contribution in [0, 0.1) is 0 Å². The van der Waals surface area contributed by atoms with Crippen LogP contribution in [0.2, 0.25) is 0 Å². The molecule has 0 bridgehead atoms. The molecule has 1 aliphatic heterocycles. The fourth-order valence-corrected chi connectivity index (χ4v) is 4.30. The number of rotatable bonds is 13. The van der Waals surface area contributed by atoms with Crippen LogP contribution in [0.25, 0.3) is 5.78 Å². The molecule has 2 amide bonds. The van der Waals surface area contributed by atoms with Crippen molar-refractivity contribution in [2.24, 2.45) is 0 Å². The summed E-state index contributed by atoms with van der Waals surface area (Å²) in [6.45, 7) is 9.42. The second-order valence-corrected chi connectivity index (χ2v) is 8.63. The maximum Gasteiger partial charge on any atom is 0.261 e. The summed E-state index contributed by atoms with van der Waals surface area (Å²) in [7, 11) is 1.64. The Bertz CT molecular complexity index is 948. The number of nitrogens with zero attached hydrogens (tertiary/aromatic N) is 7. The molecular weight excluding hydrogens is 460 g/mol. The van der Waals surface area contributed by atoms with Crippen LogP contribution in [0.15, 0.2) is 5.16 Å². The lowest BCUT2D eigenvalue weighted by molar-refractivity contribution is -0.130. The van der Waals surface area contributed by atoms with Gasteiger partial charge in [-0.05, 0) is 20.3 Å². The van der Waals surface area contributed by atoms with Gasteiger partial charge in [0.1, 0.15) is 0 Å². The normalized spacial score (nSPS) is 14.4. The average Bonchev–Trinajstić information content (AvgIpc) is 3.24. The molecule has 13 nitrogen and oxygen atoms in total. The summed E-state index contributed by atoms with van der Waals surface area (Å²) < 4.78 is 6.71. The quantitative estimate of drug-likeness (QED) is 0.251. The zero-order valence-electron chi connectivity index (χ0n) is 20.0. The molecule has 0 unspecified atom stereocenters. The Morgan fingerprint density at radius 1 is 1.06 bits per heavy atom. The van der Waals surface area contributed by atoms with Gasteiger partial charge < -0.3 is 25.6 Å². The van der Waals surface area contributed by atoms with Gasteiger partial charge >= 0.3 is 0 Å². The smallest absolute Gasteiger partial charge is 0.261 e. The van der Waals surface area contributed by atoms with Crippen molar-refractivity contribution in [2.45, 2.75) is 25.4 Å². The van der Waals surface area contributed by atoms with Crippen molar-refractivity contribution in [1.29, 1.82) is 0 Å². The predicted molar refractivity (Wildman–Crippen MR) is 130 cm³/mol. The largest absolute Gasteiger partial charge is 0.385 e. The van der Waals surface area contributed by atoms with E-state index in [0.29, 0.717) is 81.8 Å². The highest BCUT2D eigenvalue weighted by Crippen LogP contribution is 2.21. The van der Waals surface area contributed by atoms with Gasteiger partial charge in [0.25, 0.3) is 5.78 Å². The fraction of sp³-hybridized carbons (Fsp3) is 0.700. The van der Waals surface area contributed by atoms with E-state index in [-0.39, 0.29) is 17.6 Å². The fourth-order valence-electron chi connectivity index (χ4n) is 3.47. The van der Waals surface area contributed by atoms with Crippen molar-refractivity contribution in [3.05, 3.63) is 0 Å². The molecule has 1 fully saturated rings. The van der Waals surface area contributed by atoms with E-state index in [9.17, 15) is 9.59 Å². The molecule has 1 aliphatic rings. The van der Waals surface area contributed by atoms with Crippen LogP contribution < -0.4 is 16.0 Å². The molecule has 2 aromatic heterocycles. The number of thioether (sulfide) groups is 1. The van der Waals surface area contributed by atoms with Gasteiger partial charge in [-0.15, -0.1) is 10.2 Å². The van der Waals surface area contributed by atoms with E-state index in [1.54, 1.807) is 11.5 Å². The highest BCUT2D eigenvalue weighted by Gasteiger charge is 2.23. The van der Waals surface area contributed by atoms with Crippen LogP contribution in [0.4, 0.5) is 11.9 Å². The lowest BCUT2D eigenvalue weighted by Gasteiger charge is -2.34. The third-order valence-electron chi connectivity index (χ3n) is 5.18. The third kappa shape index (κ3) is 7.14. The zero-order valence-corrected chi connectivity index (χ0v) is 20.9. The average molecular weight is 495 g/mol. The van der Waals surface area contributed by atoms with Crippen LogP contribution in [-0.2, 0) is 14.3 Å². The number of hydrogen-bond donors (Lipinski definition) is 3. The number of hydrogen-bond acceptors (Lipinski definition) is 11. The second kappa shape index (κ2) is 13.2. The summed E-state index contributed by atoms with van der Waals surface area (Å²) in [6.07, 6.45) is 0.794. The molecule has 3 N–H and O–H groups in total. The van der Waals surface area contributed by atoms with Crippen molar-refractivity contribution in [1.82, 2.24) is 39.7 Å². The Hall–Kier alpha value is -2.71. The van der Waals surface area contributed by atoms with Crippen molar-refractivity contribution < 1.29 is 14.3 Å². The Morgan fingerprint density at radius 3 is 2.53 bits per heavy atom. The maximum atomic E-state index is 12.8. The Labute approximate surface area is 203 Å². The summed E-state index contributed by atoms with van der Waals surface area (Å²) in [5.74, 6) is 1.75. The van der Waals surface area contributed by atoms with Crippen molar-refractivity contribution in [2.75, 3.05) is 82.5 Å². The number of methoxy groups -OCH3 is 1. The minimum atomic E-state index is 0.00104. The number of anilines is 2. The topological polar surface area (TPSA) is 142 Å². The molecule has 0 saturated carbocycles. The first-order valence-electron chi connectivity index (χ1n) is 11.5. The minimum Gasteiger partial charge on any atom is -0.385 e. The van der Waals surface area contributed by atoms with Gasteiger partial charge in [0.2, 0.25) is 23.7 Å². The highest BCUT2D eigenvalue weighted by atomic mass is 32.2. The summed E-state index contributed by atoms with van der Waals surface area (Å²) in [6, 6.07) is 0. The molecule has 14 heteroatoms. The molecule has 3 rings (SSSR count). The first-order valence-corrected chi connectivity index (χ1v) is 12.5. The van der Waals surface area contributed by atoms with Crippen LogP contribution in [0.1, 0.15) is 20.3 Å². The second-order valence-electron chi connectivity index (χ2n) is 7.69. The van der Waals surface area contributed by atoms with Crippen LogP contribution >= 0.6 is 11.8 Å². The minimum absolute atomic E-state index is 0.00104. The van der Waals surface area contributed by atoms with E-state index in [1.165, 1.54) is 11.8 Å². The standard InChI is InChI=1S/C20H34N10O3S/c1-4-21-17-24-18(22-5-2)30-19(25-17)26-27-20(30)34-14-16(32)29-10-8-28(9-11-29)13-15(31)23-7-6-12-33-3/h4-14H2,1-3H3,(H,23,31)(H2,21,22,24,25,26). The predicted octanol–water partition coefficient (Wildman–Crippen LogP) is -0.228. The molecule has 0 aromatic carbocycles. The van der Waals surface area contributed by atoms with E-state index in [4.69, 9.17) is 4.74 Å². The number of nitrogens with one attached hydrogen (secondary N) is 3. The molecule has 34 heavy (non-hydrogen) atoms. The number of aromatic nitrogens is 5. The molecule has 0 atom stereocenters. The zero-order chi connectivity index (χ0) is 24.3. The Kier molecular flexibility index (Phi) is 10.1. The van der Waals surface area contributed by atoms with Gasteiger partial charge in [-0.25, -0.2) is 4.40 Å². The van der Waals surface area contributed by atoms with Crippen molar-refractivity contribution in [3.63, 3.8) is 0 Å². The molecule has 3 heterocycles. The van der Waals surface area contributed by atoms with E-state index in [2.05, 4.69) is 41.0 Å². The summed E-state index contributed by atoms with van der Waals surface area (Å²) in [5, 5.41) is 18.1. The van der Waals surface area contributed by atoms with E-state index in [1.807, 2.05) is 18.7 Å². The molecule has 0 spiro atoms. The summed E-state index contributed by atoms with van der Waals surface area (Å²) in [5.41, 5.74) is 0. The van der Waals surface area contributed by atoms with Crippen LogP contribution in [0.5, 0.6) is 0 Å². The number of piperazine rings is 1. The van der Waals surface area contributed by atoms with Gasteiger partial charge in [-0.2, -0.15) is 9.97 Å². The molecule has 2 aromatic rings. The SMILES string of the molecule is CCNc1nc(NCC)n2c(SCC(=O)N3CCN(CC(=O)NCCCOC)CC3)nnc2n1. The van der Waals surface area contributed by atoms with Gasteiger partial charge in [-0.1, -0.05) is 11.8 Å². The van der Waals surface area contributed by atoms with Gasteiger partial charge in [0.05, 0.1) is 12.3 Å². The van der Waals surface area contributed by atoms with Crippen LogP contribution in [0.3, 0.4) is 0 Å².